The van der Waals surface area contributed by atoms with Gasteiger partial charge in [-0.3, -0.25) is 0 Å². The van der Waals surface area contributed by atoms with Crippen molar-refractivity contribution in [3.8, 4) is 23.0 Å². The number of benzene rings is 2. The fourth-order valence-corrected chi connectivity index (χ4v) is 2.93. The Hall–Kier alpha value is -3.88. The number of methoxy groups -OCH3 is 1. The summed E-state index contributed by atoms with van der Waals surface area (Å²) in [5, 5.41) is 12.1. The van der Waals surface area contributed by atoms with Gasteiger partial charge in [0, 0.05) is 19.3 Å². The van der Waals surface area contributed by atoms with Crippen LogP contribution in [0.1, 0.15) is 11.1 Å². The van der Waals surface area contributed by atoms with Crippen LogP contribution in [-0.2, 0) is 13.7 Å². The van der Waals surface area contributed by atoms with Crippen molar-refractivity contribution in [2.45, 2.75) is 13.5 Å². The lowest BCUT2D eigenvalue weighted by Crippen LogP contribution is -2.23. The summed E-state index contributed by atoms with van der Waals surface area (Å²) in [6, 6.07) is 15.2. The minimum Gasteiger partial charge on any atom is -0.496 e. The van der Waals surface area contributed by atoms with Crippen LogP contribution in [0.25, 0.3) is 11.4 Å². The first-order valence-corrected chi connectivity index (χ1v) is 8.97. The molecular formula is C20H20N6O3. The Balaban J connectivity index is 1.61. The summed E-state index contributed by atoms with van der Waals surface area (Å²) in [6.45, 7) is 2.18. The molecule has 0 saturated carbocycles. The van der Waals surface area contributed by atoms with E-state index in [1.54, 1.807) is 43.1 Å². The highest BCUT2D eigenvalue weighted by Crippen LogP contribution is 2.26. The third-order valence-electron chi connectivity index (χ3n) is 4.51. The zero-order valence-electron chi connectivity index (χ0n) is 16.3. The lowest BCUT2D eigenvalue weighted by atomic mass is 10.1. The van der Waals surface area contributed by atoms with E-state index in [0.29, 0.717) is 22.9 Å². The van der Waals surface area contributed by atoms with Gasteiger partial charge >= 0.3 is 5.69 Å². The van der Waals surface area contributed by atoms with Gasteiger partial charge in [-0.1, -0.05) is 23.8 Å². The van der Waals surface area contributed by atoms with E-state index in [1.807, 2.05) is 37.4 Å². The van der Waals surface area contributed by atoms with E-state index in [4.69, 9.17) is 9.47 Å². The number of rotatable bonds is 6. The Bertz CT molecular complexity index is 1190. The molecule has 0 aliphatic heterocycles. The number of hydrogen-bond donors (Lipinski definition) is 0. The number of hydrogen-bond acceptors (Lipinski definition) is 6. The smallest absolute Gasteiger partial charge is 0.368 e. The van der Waals surface area contributed by atoms with E-state index in [-0.39, 0.29) is 12.3 Å². The monoisotopic (exact) mass is 392 g/mol. The minimum absolute atomic E-state index is 0.146. The second kappa shape index (κ2) is 7.63. The second-order valence-corrected chi connectivity index (χ2v) is 6.48. The van der Waals surface area contributed by atoms with Gasteiger partial charge < -0.3 is 9.47 Å². The van der Waals surface area contributed by atoms with Gasteiger partial charge in [-0.2, -0.15) is 9.36 Å². The molecule has 0 unspecified atom stereocenters. The van der Waals surface area contributed by atoms with Crippen LogP contribution in [0.4, 0.5) is 0 Å². The molecule has 0 bridgehead atoms. The number of tetrazole rings is 1. The largest absolute Gasteiger partial charge is 0.496 e. The standard InChI is InChI=1S/C20H20N6O3/c1-14-7-9-15(10-8-14)25-12-11-19(21-25)29-13-16-17(5-4-6-18(16)28-3)26-20(27)24(2)22-23-26/h4-12H,13H2,1-3H3. The van der Waals surface area contributed by atoms with E-state index >= 15 is 0 Å². The Morgan fingerprint density at radius 3 is 2.52 bits per heavy atom. The molecule has 0 spiro atoms. The predicted octanol–water partition coefficient (Wildman–Crippen LogP) is 2.05. The molecule has 29 heavy (non-hydrogen) atoms. The zero-order chi connectivity index (χ0) is 20.4. The molecule has 9 nitrogen and oxygen atoms in total. The van der Waals surface area contributed by atoms with Crippen LogP contribution < -0.4 is 15.2 Å². The van der Waals surface area contributed by atoms with E-state index < -0.39 is 0 Å². The number of aryl methyl sites for hydroxylation is 2. The van der Waals surface area contributed by atoms with Gasteiger partial charge in [0.25, 0.3) is 0 Å². The molecule has 0 fully saturated rings. The predicted molar refractivity (Wildman–Crippen MR) is 106 cm³/mol. The maximum absolute atomic E-state index is 12.3. The Morgan fingerprint density at radius 2 is 1.83 bits per heavy atom. The molecule has 0 N–H and O–H groups in total. The van der Waals surface area contributed by atoms with E-state index in [2.05, 4.69) is 15.5 Å². The summed E-state index contributed by atoms with van der Waals surface area (Å²) >= 11 is 0. The summed E-state index contributed by atoms with van der Waals surface area (Å²) < 4.78 is 15.5. The van der Waals surface area contributed by atoms with Gasteiger partial charge in [-0.05, 0) is 41.6 Å². The lowest BCUT2D eigenvalue weighted by Gasteiger charge is -2.13. The third-order valence-corrected chi connectivity index (χ3v) is 4.51. The first kappa shape index (κ1) is 18.5. The average molecular weight is 392 g/mol. The molecule has 4 aromatic rings. The fourth-order valence-electron chi connectivity index (χ4n) is 2.93. The van der Waals surface area contributed by atoms with E-state index in [9.17, 15) is 4.79 Å². The molecule has 2 aromatic carbocycles. The van der Waals surface area contributed by atoms with Gasteiger partial charge in [0.15, 0.2) is 0 Å². The van der Waals surface area contributed by atoms with Crippen LogP contribution in [0.15, 0.2) is 59.5 Å². The highest BCUT2D eigenvalue weighted by Gasteiger charge is 2.16. The lowest BCUT2D eigenvalue weighted by molar-refractivity contribution is 0.283. The fraction of sp³-hybridized carbons (Fsp3) is 0.200. The quantitative estimate of drug-likeness (QED) is 0.499. The first-order valence-electron chi connectivity index (χ1n) is 8.97. The minimum atomic E-state index is -0.358. The van der Waals surface area contributed by atoms with E-state index in [1.165, 1.54) is 10.2 Å². The molecule has 2 heterocycles. The van der Waals surface area contributed by atoms with Crippen LogP contribution in [0.3, 0.4) is 0 Å². The highest BCUT2D eigenvalue weighted by molar-refractivity contribution is 5.49. The Kier molecular flexibility index (Phi) is 4.86. The maximum Gasteiger partial charge on any atom is 0.368 e. The summed E-state index contributed by atoms with van der Waals surface area (Å²) in [6.07, 6.45) is 1.83. The maximum atomic E-state index is 12.3. The second-order valence-electron chi connectivity index (χ2n) is 6.48. The number of ether oxygens (including phenoxy) is 2. The van der Waals surface area contributed by atoms with Gasteiger partial charge in [-0.25, -0.2) is 9.48 Å². The first-order chi connectivity index (χ1) is 14.1. The van der Waals surface area contributed by atoms with Crippen molar-refractivity contribution in [3.05, 3.63) is 76.3 Å². The average Bonchev–Trinajstić information content (AvgIpc) is 3.34. The van der Waals surface area contributed by atoms with E-state index in [0.717, 1.165) is 10.4 Å². The van der Waals surface area contributed by atoms with Crippen LogP contribution in [0, 0.1) is 6.92 Å². The third kappa shape index (κ3) is 3.62. The van der Waals surface area contributed by atoms with Crippen molar-refractivity contribution in [1.29, 1.82) is 0 Å². The van der Waals surface area contributed by atoms with Crippen molar-refractivity contribution in [2.24, 2.45) is 7.05 Å². The molecule has 4 rings (SSSR count). The van der Waals surface area contributed by atoms with Gasteiger partial charge in [0.2, 0.25) is 5.88 Å². The van der Waals surface area contributed by atoms with Crippen LogP contribution >= 0.6 is 0 Å². The van der Waals surface area contributed by atoms with Crippen molar-refractivity contribution < 1.29 is 9.47 Å². The molecule has 148 valence electrons. The zero-order valence-corrected chi connectivity index (χ0v) is 16.3. The molecule has 0 radical (unpaired) electrons. The van der Waals surface area contributed by atoms with Crippen LogP contribution in [0.2, 0.25) is 0 Å². The SMILES string of the molecule is COc1cccc(-n2nnn(C)c2=O)c1COc1ccn(-c2ccc(C)cc2)n1. The van der Waals surface area contributed by atoms with Crippen LogP contribution in [-0.4, -0.2) is 36.7 Å². The normalized spacial score (nSPS) is 10.9. The molecule has 0 amide bonds. The Morgan fingerprint density at radius 1 is 1.03 bits per heavy atom. The summed E-state index contributed by atoms with van der Waals surface area (Å²) in [4.78, 5) is 12.3. The summed E-state index contributed by atoms with van der Waals surface area (Å²) in [5.41, 5.74) is 2.97. The number of nitrogens with zero attached hydrogens (tertiary/aromatic N) is 6. The highest BCUT2D eigenvalue weighted by atomic mass is 16.5. The van der Waals surface area contributed by atoms with Crippen molar-refractivity contribution in [2.75, 3.05) is 7.11 Å². The molecule has 2 aromatic heterocycles. The van der Waals surface area contributed by atoms with Crippen molar-refractivity contribution in [1.82, 2.24) is 29.6 Å². The van der Waals surface area contributed by atoms with Gasteiger partial charge in [0.1, 0.15) is 12.4 Å². The van der Waals surface area contributed by atoms with Crippen LogP contribution in [0.5, 0.6) is 11.6 Å². The molecular weight excluding hydrogens is 372 g/mol. The summed E-state index contributed by atoms with van der Waals surface area (Å²) in [7, 11) is 3.11. The molecule has 0 aliphatic carbocycles. The molecule has 0 atom stereocenters. The molecule has 9 heteroatoms. The Labute approximate surface area is 166 Å². The topological polar surface area (TPSA) is 89.0 Å². The van der Waals surface area contributed by atoms with Gasteiger partial charge in [-0.15, -0.1) is 5.10 Å². The summed E-state index contributed by atoms with van der Waals surface area (Å²) in [5.74, 6) is 1.03. The van der Waals surface area contributed by atoms with Crippen molar-refractivity contribution in [3.63, 3.8) is 0 Å². The molecule has 0 saturated heterocycles. The molecule has 0 aliphatic rings. The van der Waals surface area contributed by atoms with Gasteiger partial charge in [0.05, 0.1) is 24.0 Å². The van der Waals surface area contributed by atoms with Crippen molar-refractivity contribution >= 4 is 0 Å². The number of aromatic nitrogens is 6.